The Kier molecular flexibility index (Phi) is 4.69. The molecule has 3 rings (SSSR count). The van der Waals surface area contributed by atoms with Gasteiger partial charge < -0.3 is 14.8 Å². The van der Waals surface area contributed by atoms with Crippen LogP contribution in [0.1, 0.15) is 32.8 Å². The van der Waals surface area contributed by atoms with E-state index in [-0.39, 0.29) is 30.0 Å². The van der Waals surface area contributed by atoms with Crippen molar-refractivity contribution in [1.82, 2.24) is 4.98 Å². The Morgan fingerprint density at radius 1 is 1.50 bits per heavy atom. The number of ether oxygens (including phenoxy) is 2. The molecule has 2 heterocycles. The van der Waals surface area contributed by atoms with Crippen molar-refractivity contribution in [2.45, 2.75) is 51.6 Å². The molecule has 24 heavy (non-hydrogen) atoms. The van der Waals surface area contributed by atoms with Gasteiger partial charge in [0, 0.05) is 19.0 Å². The van der Waals surface area contributed by atoms with E-state index in [2.05, 4.69) is 16.9 Å². The highest BCUT2D eigenvalue weighted by Crippen LogP contribution is 2.46. The normalized spacial score (nSPS) is 30.8. The summed E-state index contributed by atoms with van der Waals surface area (Å²) < 4.78 is 12.2. The summed E-state index contributed by atoms with van der Waals surface area (Å²) in [5.74, 6) is -0.207. The molecule has 2 aliphatic rings. The minimum atomic E-state index is -0.578. The Labute approximate surface area is 147 Å². The van der Waals surface area contributed by atoms with E-state index in [1.807, 2.05) is 26.0 Å². The standard InChI is InChI=1S/C18H23ClN2O3/c1-5-11-8-13(16-15(11)23-18(3,4)24-16)9-12-6-7-20-17(19)14(12)21-10(2)22/h5-7,11,13,15-16H,1,8-9H2,2-4H3,(H,21,22)/t11-,13-,15+,16-/m0/s1. The zero-order chi connectivity index (χ0) is 17.5. The summed E-state index contributed by atoms with van der Waals surface area (Å²) in [4.78, 5) is 15.5. The predicted octanol–water partition coefficient (Wildman–Crippen LogP) is 3.58. The first-order valence-electron chi connectivity index (χ1n) is 8.20. The van der Waals surface area contributed by atoms with E-state index in [4.69, 9.17) is 21.1 Å². The van der Waals surface area contributed by atoms with Crippen LogP contribution >= 0.6 is 11.6 Å². The zero-order valence-electron chi connectivity index (χ0n) is 14.2. The third-order valence-electron chi connectivity index (χ3n) is 4.70. The maximum Gasteiger partial charge on any atom is 0.221 e. The lowest BCUT2D eigenvalue weighted by atomic mass is 9.94. The lowest BCUT2D eigenvalue weighted by Crippen LogP contribution is -2.26. The van der Waals surface area contributed by atoms with Gasteiger partial charge in [-0.1, -0.05) is 17.7 Å². The van der Waals surface area contributed by atoms with Gasteiger partial charge in [-0.3, -0.25) is 4.79 Å². The van der Waals surface area contributed by atoms with Crippen LogP contribution < -0.4 is 5.32 Å². The number of pyridine rings is 1. The van der Waals surface area contributed by atoms with Crippen LogP contribution in [-0.2, 0) is 20.7 Å². The molecular formula is C18H23ClN2O3. The van der Waals surface area contributed by atoms with E-state index in [9.17, 15) is 4.79 Å². The van der Waals surface area contributed by atoms with E-state index in [0.29, 0.717) is 10.8 Å². The number of fused-ring (bicyclic) bond motifs is 1. The van der Waals surface area contributed by atoms with Crippen molar-refractivity contribution in [3.8, 4) is 0 Å². The third kappa shape index (κ3) is 3.34. The SMILES string of the molecule is C=C[C@H]1C[C@@H](Cc2ccnc(Cl)c2NC(C)=O)[C@@H]2OC(C)(C)O[C@@H]21. The molecule has 0 spiro atoms. The van der Waals surface area contributed by atoms with Gasteiger partial charge in [-0.25, -0.2) is 4.98 Å². The van der Waals surface area contributed by atoms with Crippen molar-refractivity contribution in [1.29, 1.82) is 0 Å². The maximum absolute atomic E-state index is 11.5. The highest BCUT2D eigenvalue weighted by Gasteiger charge is 2.52. The highest BCUT2D eigenvalue weighted by atomic mass is 35.5. The Hall–Kier alpha value is -1.43. The smallest absolute Gasteiger partial charge is 0.221 e. The molecule has 1 saturated carbocycles. The molecule has 0 aromatic carbocycles. The lowest BCUT2D eigenvalue weighted by Gasteiger charge is -2.23. The number of anilines is 1. The summed E-state index contributed by atoms with van der Waals surface area (Å²) in [5, 5.41) is 3.10. The Morgan fingerprint density at radius 2 is 2.21 bits per heavy atom. The minimum Gasteiger partial charge on any atom is -0.344 e. The number of hydrogen-bond acceptors (Lipinski definition) is 4. The van der Waals surface area contributed by atoms with Gasteiger partial charge in [0.2, 0.25) is 5.91 Å². The molecule has 4 atom stereocenters. The number of amides is 1. The van der Waals surface area contributed by atoms with Crippen molar-refractivity contribution in [3.63, 3.8) is 0 Å². The van der Waals surface area contributed by atoms with Gasteiger partial charge in [0.1, 0.15) is 0 Å². The van der Waals surface area contributed by atoms with Gasteiger partial charge in [0.25, 0.3) is 0 Å². The average Bonchev–Trinajstić information content (AvgIpc) is 2.96. The number of hydrogen-bond donors (Lipinski definition) is 1. The quantitative estimate of drug-likeness (QED) is 0.666. The largest absolute Gasteiger partial charge is 0.344 e. The number of nitrogens with one attached hydrogen (secondary N) is 1. The fraction of sp³-hybridized carbons (Fsp3) is 0.556. The minimum absolute atomic E-state index is 0.0140. The molecule has 130 valence electrons. The summed E-state index contributed by atoms with van der Waals surface area (Å²) in [6, 6.07) is 1.90. The molecule has 1 saturated heterocycles. The van der Waals surface area contributed by atoms with E-state index in [0.717, 1.165) is 18.4 Å². The molecule has 1 N–H and O–H groups in total. The average molecular weight is 351 g/mol. The summed E-state index contributed by atoms with van der Waals surface area (Å²) >= 11 is 6.17. The van der Waals surface area contributed by atoms with E-state index >= 15 is 0 Å². The predicted molar refractivity (Wildman–Crippen MR) is 92.9 cm³/mol. The molecule has 2 fully saturated rings. The topological polar surface area (TPSA) is 60.5 Å². The summed E-state index contributed by atoms with van der Waals surface area (Å²) in [6.45, 7) is 9.28. The van der Waals surface area contributed by atoms with Gasteiger partial charge in [0.15, 0.2) is 10.9 Å². The van der Waals surface area contributed by atoms with Crippen molar-refractivity contribution in [2.24, 2.45) is 11.8 Å². The van der Waals surface area contributed by atoms with Crippen LogP contribution in [0.25, 0.3) is 0 Å². The van der Waals surface area contributed by atoms with Crippen LogP contribution in [0.15, 0.2) is 24.9 Å². The fourth-order valence-electron chi connectivity index (χ4n) is 3.79. The highest BCUT2D eigenvalue weighted by molar-refractivity contribution is 6.32. The molecule has 0 radical (unpaired) electrons. The van der Waals surface area contributed by atoms with Gasteiger partial charge in [-0.05, 0) is 44.2 Å². The van der Waals surface area contributed by atoms with Gasteiger partial charge in [-0.2, -0.15) is 0 Å². The molecule has 1 amide bonds. The van der Waals surface area contributed by atoms with E-state index in [1.54, 1.807) is 6.20 Å². The maximum atomic E-state index is 11.5. The Balaban J connectivity index is 1.85. The van der Waals surface area contributed by atoms with Crippen LogP contribution in [-0.4, -0.2) is 28.9 Å². The molecule has 1 aliphatic carbocycles. The summed E-state index contributed by atoms with van der Waals surface area (Å²) in [6.07, 6.45) is 5.34. The zero-order valence-corrected chi connectivity index (χ0v) is 15.0. The fourth-order valence-corrected chi connectivity index (χ4v) is 4.02. The second-order valence-corrected chi connectivity index (χ2v) is 7.34. The number of aromatic nitrogens is 1. The van der Waals surface area contributed by atoms with Gasteiger partial charge in [0.05, 0.1) is 17.9 Å². The van der Waals surface area contributed by atoms with Crippen LogP contribution in [0.2, 0.25) is 5.15 Å². The summed E-state index contributed by atoms with van der Waals surface area (Å²) in [7, 11) is 0. The number of carbonyl (C=O) groups excluding carboxylic acids is 1. The number of halogens is 1. The van der Waals surface area contributed by atoms with Crippen LogP contribution in [0, 0.1) is 11.8 Å². The molecule has 0 bridgehead atoms. The lowest BCUT2D eigenvalue weighted by molar-refractivity contribution is -0.159. The number of carbonyl (C=O) groups is 1. The molecular weight excluding hydrogens is 328 g/mol. The van der Waals surface area contributed by atoms with Gasteiger partial charge in [-0.15, -0.1) is 6.58 Å². The van der Waals surface area contributed by atoms with Crippen LogP contribution in [0.3, 0.4) is 0 Å². The monoisotopic (exact) mass is 350 g/mol. The van der Waals surface area contributed by atoms with Crippen LogP contribution in [0.5, 0.6) is 0 Å². The molecule has 1 aliphatic heterocycles. The second-order valence-electron chi connectivity index (χ2n) is 6.98. The molecule has 1 aromatic heterocycles. The van der Waals surface area contributed by atoms with Crippen molar-refractivity contribution < 1.29 is 14.3 Å². The van der Waals surface area contributed by atoms with Crippen molar-refractivity contribution >= 4 is 23.2 Å². The van der Waals surface area contributed by atoms with Crippen molar-refractivity contribution in [2.75, 3.05) is 5.32 Å². The number of rotatable bonds is 4. The van der Waals surface area contributed by atoms with Crippen LogP contribution in [0.4, 0.5) is 5.69 Å². The van der Waals surface area contributed by atoms with Gasteiger partial charge >= 0.3 is 0 Å². The molecule has 0 unspecified atom stereocenters. The third-order valence-corrected chi connectivity index (χ3v) is 4.99. The molecule has 6 heteroatoms. The Morgan fingerprint density at radius 3 is 2.88 bits per heavy atom. The first-order valence-corrected chi connectivity index (χ1v) is 8.57. The first-order chi connectivity index (χ1) is 11.3. The molecule has 5 nitrogen and oxygen atoms in total. The van der Waals surface area contributed by atoms with E-state index in [1.165, 1.54) is 6.92 Å². The second kappa shape index (κ2) is 6.47. The Bertz CT molecular complexity index is 662. The summed E-state index contributed by atoms with van der Waals surface area (Å²) in [5.41, 5.74) is 1.55. The van der Waals surface area contributed by atoms with Crippen molar-refractivity contribution in [3.05, 3.63) is 35.6 Å². The number of nitrogens with zero attached hydrogens (tertiary/aromatic N) is 1. The first kappa shape index (κ1) is 17.4. The molecule has 1 aromatic rings. The van der Waals surface area contributed by atoms with E-state index < -0.39 is 5.79 Å².